The highest BCUT2D eigenvalue weighted by molar-refractivity contribution is 6.05. The molecule has 9 nitrogen and oxygen atoms in total. The van der Waals surface area contributed by atoms with Gasteiger partial charge in [-0.05, 0) is 49.2 Å². The summed E-state index contributed by atoms with van der Waals surface area (Å²) in [5.41, 5.74) is 2.24. The number of esters is 1. The van der Waals surface area contributed by atoms with E-state index in [2.05, 4.69) is 17.1 Å². The van der Waals surface area contributed by atoms with Crippen molar-refractivity contribution in [2.45, 2.75) is 32.3 Å². The third kappa shape index (κ3) is 5.25. The molecule has 0 fully saturated rings. The Morgan fingerprint density at radius 3 is 2.67 bits per heavy atom. The van der Waals surface area contributed by atoms with E-state index in [1.54, 1.807) is 36.4 Å². The first kappa shape index (κ1) is 21.1. The molecule has 30 heavy (non-hydrogen) atoms. The Bertz CT molecular complexity index is 927. The van der Waals surface area contributed by atoms with Gasteiger partial charge in [-0.2, -0.15) is 0 Å². The molecule has 0 bridgehead atoms. The number of anilines is 1. The van der Waals surface area contributed by atoms with Crippen LogP contribution in [0.5, 0.6) is 5.75 Å². The molecule has 1 aliphatic rings. The zero-order chi connectivity index (χ0) is 21.5. The Morgan fingerprint density at radius 2 is 1.97 bits per heavy atom. The number of hydrogen-bond donors (Lipinski definition) is 1. The van der Waals surface area contributed by atoms with Crippen LogP contribution in [0.15, 0.2) is 42.5 Å². The molecule has 2 aromatic rings. The van der Waals surface area contributed by atoms with Crippen LogP contribution >= 0.6 is 0 Å². The molecule has 0 saturated heterocycles. The van der Waals surface area contributed by atoms with Crippen LogP contribution in [0.4, 0.5) is 5.69 Å². The van der Waals surface area contributed by atoms with E-state index in [1.807, 2.05) is 6.07 Å². The van der Waals surface area contributed by atoms with Gasteiger partial charge in [-0.25, -0.2) is 4.79 Å². The fourth-order valence-corrected chi connectivity index (χ4v) is 3.13. The van der Waals surface area contributed by atoms with Crippen LogP contribution in [-0.2, 0) is 9.57 Å². The maximum atomic E-state index is 12.5. The summed E-state index contributed by atoms with van der Waals surface area (Å²) in [5.74, 6) is -0.256. The number of hydrogen-bond acceptors (Lipinski definition) is 7. The molecule has 1 N–H and O–H groups in total. The van der Waals surface area contributed by atoms with E-state index >= 15 is 0 Å². The molecule has 0 spiro atoms. The van der Waals surface area contributed by atoms with Crippen molar-refractivity contribution in [1.29, 1.82) is 0 Å². The number of benzene rings is 2. The molecule has 0 radical (unpaired) electrons. The van der Waals surface area contributed by atoms with Gasteiger partial charge in [0.1, 0.15) is 25.1 Å². The Morgan fingerprint density at radius 1 is 1.20 bits per heavy atom. The summed E-state index contributed by atoms with van der Waals surface area (Å²) in [6.07, 6.45) is 2.56. The van der Waals surface area contributed by atoms with Crippen molar-refractivity contribution in [3.05, 3.63) is 69.3 Å². The third-order valence-corrected chi connectivity index (χ3v) is 4.61. The summed E-state index contributed by atoms with van der Waals surface area (Å²) in [5, 5.41) is 12.0. The minimum Gasteiger partial charge on any atom is -0.492 e. The van der Waals surface area contributed by atoms with Crippen molar-refractivity contribution in [2.24, 2.45) is 0 Å². The first-order chi connectivity index (χ1) is 14.5. The van der Waals surface area contributed by atoms with Gasteiger partial charge in [0.2, 0.25) is 0 Å². The number of rotatable bonds is 10. The second-order valence-electron chi connectivity index (χ2n) is 6.72. The molecular formula is C21H22N2O7. The molecule has 1 heterocycles. The maximum absolute atomic E-state index is 12.5. The minimum atomic E-state index is -0.888. The number of unbranched alkanes of at least 4 members (excludes halogenated alkanes) is 1. The van der Waals surface area contributed by atoms with Gasteiger partial charge in [0, 0.05) is 16.8 Å². The van der Waals surface area contributed by atoms with E-state index in [0.717, 1.165) is 24.8 Å². The van der Waals surface area contributed by atoms with Crippen molar-refractivity contribution in [3.8, 4) is 5.75 Å². The monoisotopic (exact) mass is 414 g/mol. The second kappa shape index (κ2) is 9.73. The van der Waals surface area contributed by atoms with Gasteiger partial charge < -0.3 is 19.6 Å². The Hall–Kier alpha value is -3.62. The molecule has 3 rings (SSSR count). The highest BCUT2D eigenvalue weighted by Crippen LogP contribution is 2.35. The smallest absolute Gasteiger partial charge is 0.339 e. The highest BCUT2D eigenvalue weighted by atomic mass is 17.0. The molecule has 1 unspecified atom stereocenters. The number of nitrogens with one attached hydrogen (secondary N) is 1. The number of fused-ring (bicyclic) bond motifs is 1. The fraction of sp³-hybridized carbons (Fsp3) is 0.333. The van der Waals surface area contributed by atoms with Gasteiger partial charge in [-0.15, -0.1) is 10.1 Å². The van der Waals surface area contributed by atoms with Gasteiger partial charge in [0.25, 0.3) is 11.0 Å². The summed E-state index contributed by atoms with van der Waals surface area (Å²) in [7, 11) is 0. The lowest BCUT2D eigenvalue weighted by Gasteiger charge is -2.10. The lowest BCUT2D eigenvalue weighted by Crippen LogP contribution is -2.13. The summed E-state index contributed by atoms with van der Waals surface area (Å²) >= 11 is 0. The van der Waals surface area contributed by atoms with Gasteiger partial charge in [0.15, 0.2) is 0 Å². The van der Waals surface area contributed by atoms with Crippen LogP contribution in [0.3, 0.4) is 0 Å². The summed E-state index contributed by atoms with van der Waals surface area (Å²) in [6.45, 7) is 1.91. The quantitative estimate of drug-likeness (QED) is 0.271. The summed E-state index contributed by atoms with van der Waals surface area (Å²) in [4.78, 5) is 38.9. The summed E-state index contributed by atoms with van der Waals surface area (Å²) in [6, 6.07) is 11.5. The summed E-state index contributed by atoms with van der Waals surface area (Å²) < 4.78 is 10.7. The van der Waals surface area contributed by atoms with Gasteiger partial charge in [0.05, 0.1) is 5.56 Å². The van der Waals surface area contributed by atoms with Crippen molar-refractivity contribution in [3.63, 3.8) is 0 Å². The topological polar surface area (TPSA) is 117 Å². The molecule has 2 aromatic carbocycles. The SMILES string of the molecule is CCCCC1OC(=O)c2cc(NC(=O)c3ccc(OCCO[N+](=O)[O-])cc3)ccc21. The Kier molecular flexibility index (Phi) is 6.84. The number of nitrogens with zero attached hydrogens (tertiary/aromatic N) is 1. The van der Waals surface area contributed by atoms with E-state index in [1.165, 1.54) is 0 Å². The van der Waals surface area contributed by atoms with Crippen molar-refractivity contribution in [2.75, 3.05) is 18.5 Å². The van der Waals surface area contributed by atoms with E-state index < -0.39 is 5.09 Å². The molecule has 9 heteroatoms. The van der Waals surface area contributed by atoms with E-state index in [0.29, 0.717) is 22.6 Å². The fourth-order valence-electron chi connectivity index (χ4n) is 3.13. The number of carbonyl (C=O) groups is 2. The van der Waals surface area contributed by atoms with Gasteiger partial charge in [-0.1, -0.05) is 19.4 Å². The van der Waals surface area contributed by atoms with Crippen LogP contribution in [0.2, 0.25) is 0 Å². The lowest BCUT2D eigenvalue weighted by molar-refractivity contribution is -0.757. The Labute approximate surface area is 173 Å². The zero-order valence-corrected chi connectivity index (χ0v) is 16.5. The predicted octanol–water partition coefficient (Wildman–Crippen LogP) is 3.93. The number of cyclic esters (lactones) is 1. The van der Waals surface area contributed by atoms with Crippen molar-refractivity contribution >= 4 is 17.6 Å². The molecule has 1 aliphatic heterocycles. The minimum absolute atomic E-state index is 0.0109. The normalized spacial score (nSPS) is 14.6. The largest absolute Gasteiger partial charge is 0.492 e. The van der Waals surface area contributed by atoms with Gasteiger partial charge in [-0.3, -0.25) is 4.79 Å². The van der Waals surface area contributed by atoms with Crippen molar-refractivity contribution < 1.29 is 29.0 Å². The maximum Gasteiger partial charge on any atom is 0.339 e. The molecule has 158 valence electrons. The van der Waals surface area contributed by atoms with Crippen LogP contribution in [0.25, 0.3) is 0 Å². The number of ether oxygens (including phenoxy) is 2. The van der Waals surface area contributed by atoms with Crippen molar-refractivity contribution in [1.82, 2.24) is 0 Å². The van der Waals surface area contributed by atoms with Crippen LogP contribution in [0.1, 0.15) is 58.6 Å². The van der Waals surface area contributed by atoms with Crippen LogP contribution < -0.4 is 10.1 Å². The van der Waals surface area contributed by atoms with Crippen LogP contribution in [-0.4, -0.2) is 30.2 Å². The predicted molar refractivity (Wildman–Crippen MR) is 107 cm³/mol. The van der Waals surface area contributed by atoms with Crippen LogP contribution in [0, 0.1) is 10.1 Å². The average molecular weight is 414 g/mol. The third-order valence-electron chi connectivity index (χ3n) is 4.61. The molecule has 1 atom stereocenters. The highest BCUT2D eigenvalue weighted by Gasteiger charge is 2.30. The van der Waals surface area contributed by atoms with E-state index in [-0.39, 0.29) is 31.2 Å². The standard InChI is InChI=1S/C21H22N2O7/c1-2-3-4-19-17-10-7-15(13-18(17)21(25)30-19)22-20(24)14-5-8-16(9-6-14)28-11-12-29-23(26)27/h5-10,13,19H,2-4,11-12H2,1H3,(H,22,24). The molecule has 1 amide bonds. The number of amides is 1. The molecule has 0 aromatic heterocycles. The molecule has 0 aliphatic carbocycles. The molecule has 0 saturated carbocycles. The zero-order valence-electron chi connectivity index (χ0n) is 16.5. The van der Waals surface area contributed by atoms with Gasteiger partial charge >= 0.3 is 5.97 Å². The first-order valence-corrected chi connectivity index (χ1v) is 9.64. The molecular weight excluding hydrogens is 392 g/mol. The second-order valence-corrected chi connectivity index (χ2v) is 6.72. The lowest BCUT2D eigenvalue weighted by atomic mass is 10.0. The van der Waals surface area contributed by atoms with E-state index in [4.69, 9.17) is 9.47 Å². The first-order valence-electron chi connectivity index (χ1n) is 9.64. The van der Waals surface area contributed by atoms with E-state index in [9.17, 15) is 19.7 Å². The Balaban J connectivity index is 1.59. The average Bonchev–Trinajstić information content (AvgIpc) is 3.05. The number of carbonyl (C=O) groups excluding carboxylic acids is 2.